The molecular weight excluding hydrogens is 465 g/mol. The van der Waals surface area contributed by atoms with Crippen molar-refractivity contribution in [1.82, 2.24) is 9.88 Å². The second-order valence-electron chi connectivity index (χ2n) is 6.36. The molecule has 0 radical (unpaired) electrons. The number of likely N-dealkylation sites (tertiary alicyclic amines) is 1. The number of aromatic carboxylic acids is 1. The van der Waals surface area contributed by atoms with Crippen molar-refractivity contribution in [1.29, 1.82) is 0 Å². The van der Waals surface area contributed by atoms with Crippen molar-refractivity contribution in [2.45, 2.75) is 29.4 Å². The summed E-state index contributed by atoms with van der Waals surface area (Å²) in [6.07, 6.45) is -3.73. The van der Waals surface area contributed by atoms with Crippen molar-refractivity contribution in [3.63, 3.8) is 0 Å². The number of halogens is 4. The number of carbonyl (C=O) groups excluding carboxylic acids is 1. The Bertz CT molecular complexity index is 938. The number of aromatic nitrogens is 1. The first kappa shape index (κ1) is 22.7. The third kappa shape index (κ3) is 5.38. The van der Waals surface area contributed by atoms with Gasteiger partial charge in [-0.2, -0.15) is 13.2 Å². The monoisotopic (exact) mass is 480 g/mol. The van der Waals surface area contributed by atoms with E-state index in [1.165, 1.54) is 40.6 Å². The Hall–Kier alpha value is -1.98. The first-order valence-electron chi connectivity index (χ1n) is 8.76. The Morgan fingerprint density at radius 2 is 2.20 bits per heavy atom. The molecule has 30 heavy (non-hydrogen) atoms. The fourth-order valence-electron chi connectivity index (χ4n) is 2.95. The van der Waals surface area contributed by atoms with Gasteiger partial charge in [-0.3, -0.25) is 4.79 Å². The molecule has 3 rings (SSSR count). The lowest BCUT2D eigenvalue weighted by atomic mass is 10.2. The Balaban J connectivity index is 1.57. The topological polar surface area (TPSA) is 79.7 Å². The van der Waals surface area contributed by atoms with E-state index in [2.05, 4.69) is 4.98 Å². The smallest absolute Gasteiger partial charge is 0.417 e. The van der Waals surface area contributed by atoms with Crippen molar-refractivity contribution in [2.24, 2.45) is 0 Å². The van der Waals surface area contributed by atoms with Crippen molar-refractivity contribution in [2.75, 3.05) is 18.9 Å². The van der Waals surface area contributed by atoms with Crippen LogP contribution in [0.4, 0.5) is 13.2 Å². The van der Waals surface area contributed by atoms with E-state index in [9.17, 15) is 22.8 Å². The highest BCUT2D eigenvalue weighted by molar-refractivity contribution is 8.01. The number of rotatable bonds is 8. The summed E-state index contributed by atoms with van der Waals surface area (Å²) in [5.74, 6) is -0.744. The normalized spacial score (nSPS) is 16.9. The van der Waals surface area contributed by atoms with Crippen LogP contribution >= 0.6 is 34.7 Å². The predicted octanol–water partition coefficient (Wildman–Crippen LogP) is 4.68. The maximum absolute atomic E-state index is 13.0. The standard InChI is InChI=1S/C18H16ClF3N2O4S2/c19-15-11(18(20,21)22)2-1-3-13(15)28-8-10-4-5-14(25)24(10)6-7-29-17-23-12(9-30-17)16(26)27/h1-3,9-10H,4-8H2,(H,26,27). The van der Waals surface area contributed by atoms with Gasteiger partial charge < -0.3 is 14.7 Å². The van der Waals surface area contributed by atoms with Gasteiger partial charge in [-0.05, 0) is 18.6 Å². The van der Waals surface area contributed by atoms with Gasteiger partial charge in [0.2, 0.25) is 5.91 Å². The minimum atomic E-state index is -4.58. The highest BCUT2D eigenvalue weighted by atomic mass is 35.5. The third-order valence-electron chi connectivity index (χ3n) is 4.41. The van der Waals surface area contributed by atoms with Gasteiger partial charge in [-0.1, -0.05) is 29.4 Å². The molecule has 1 saturated heterocycles. The quantitative estimate of drug-likeness (QED) is 0.553. The summed E-state index contributed by atoms with van der Waals surface area (Å²) in [6, 6.07) is 3.18. The van der Waals surface area contributed by atoms with Crippen LogP contribution in [0.15, 0.2) is 27.9 Å². The van der Waals surface area contributed by atoms with E-state index in [0.29, 0.717) is 29.5 Å². The van der Waals surface area contributed by atoms with Crippen LogP contribution in [-0.4, -0.2) is 51.8 Å². The van der Waals surface area contributed by atoms with Crippen LogP contribution in [0.3, 0.4) is 0 Å². The molecule has 2 aromatic rings. The zero-order valence-corrected chi connectivity index (χ0v) is 17.7. The van der Waals surface area contributed by atoms with Gasteiger partial charge in [0.1, 0.15) is 12.4 Å². The number of hydrogen-bond acceptors (Lipinski definition) is 6. The van der Waals surface area contributed by atoms with Crippen molar-refractivity contribution in [3.05, 3.63) is 39.9 Å². The van der Waals surface area contributed by atoms with Crippen molar-refractivity contribution in [3.8, 4) is 5.75 Å². The third-order valence-corrected chi connectivity index (χ3v) is 6.80. The zero-order valence-electron chi connectivity index (χ0n) is 15.3. The van der Waals surface area contributed by atoms with Crippen LogP contribution in [-0.2, 0) is 11.0 Å². The fourth-order valence-corrected chi connectivity index (χ4v) is 5.05. The predicted molar refractivity (Wildman–Crippen MR) is 106 cm³/mol. The van der Waals surface area contributed by atoms with E-state index in [1.807, 2.05) is 0 Å². The van der Waals surface area contributed by atoms with Gasteiger partial charge in [0.25, 0.3) is 0 Å². The molecule has 12 heteroatoms. The number of amides is 1. The van der Waals surface area contributed by atoms with Gasteiger partial charge in [0.05, 0.1) is 16.6 Å². The summed E-state index contributed by atoms with van der Waals surface area (Å²) in [5.41, 5.74) is -0.995. The van der Waals surface area contributed by atoms with E-state index in [0.717, 1.165) is 6.07 Å². The molecule has 1 unspecified atom stereocenters. The number of carboxylic acid groups (broad SMARTS) is 1. The van der Waals surface area contributed by atoms with E-state index >= 15 is 0 Å². The summed E-state index contributed by atoms with van der Waals surface area (Å²) in [6.45, 7) is 0.410. The van der Waals surface area contributed by atoms with E-state index in [1.54, 1.807) is 4.90 Å². The van der Waals surface area contributed by atoms with Crippen LogP contribution in [0.25, 0.3) is 0 Å². The molecule has 0 spiro atoms. The lowest BCUT2D eigenvalue weighted by Crippen LogP contribution is -2.38. The minimum Gasteiger partial charge on any atom is -0.490 e. The van der Waals surface area contributed by atoms with E-state index in [4.69, 9.17) is 21.4 Å². The van der Waals surface area contributed by atoms with Crippen LogP contribution in [0, 0.1) is 0 Å². The fraction of sp³-hybridized carbons (Fsp3) is 0.389. The maximum atomic E-state index is 13.0. The number of carbonyl (C=O) groups is 2. The van der Waals surface area contributed by atoms with E-state index in [-0.39, 0.29) is 30.0 Å². The van der Waals surface area contributed by atoms with Gasteiger partial charge in [0.15, 0.2) is 10.0 Å². The average Bonchev–Trinajstić information content (AvgIpc) is 3.28. The number of thiazole rings is 1. The number of benzene rings is 1. The Kier molecular flexibility index (Phi) is 7.14. The molecule has 0 saturated carbocycles. The van der Waals surface area contributed by atoms with Crippen LogP contribution in [0.1, 0.15) is 28.9 Å². The Morgan fingerprint density at radius 1 is 1.43 bits per heavy atom. The highest BCUT2D eigenvalue weighted by Crippen LogP contribution is 2.39. The van der Waals surface area contributed by atoms with Gasteiger partial charge in [-0.25, -0.2) is 9.78 Å². The molecule has 1 aromatic heterocycles. The van der Waals surface area contributed by atoms with Crippen molar-refractivity contribution >= 4 is 46.6 Å². The summed E-state index contributed by atoms with van der Waals surface area (Å²) in [4.78, 5) is 28.6. The number of thioether (sulfide) groups is 1. The largest absolute Gasteiger partial charge is 0.490 e. The summed E-state index contributed by atoms with van der Waals surface area (Å²) < 4.78 is 45.0. The first-order chi connectivity index (χ1) is 14.2. The maximum Gasteiger partial charge on any atom is 0.417 e. The van der Waals surface area contributed by atoms with Crippen molar-refractivity contribution < 1.29 is 32.6 Å². The zero-order chi connectivity index (χ0) is 21.9. The molecule has 0 aliphatic carbocycles. The number of alkyl halides is 3. The molecule has 1 atom stereocenters. The number of nitrogens with zero attached hydrogens (tertiary/aromatic N) is 2. The highest BCUT2D eigenvalue weighted by Gasteiger charge is 2.35. The number of ether oxygens (including phenoxy) is 1. The number of carboxylic acids is 1. The minimum absolute atomic E-state index is 0.0241. The second-order valence-corrected chi connectivity index (χ2v) is 8.94. The summed E-state index contributed by atoms with van der Waals surface area (Å²) >= 11 is 8.39. The average molecular weight is 481 g/mol. The molecule has 1 amide bonds. The molecule has 1 aliphatic rings. The molecule has 1 aliphatic heterocycles. The lowest BCUT2D eigenvalue weighted by Gasteiger charge is -2.25. The molecule has 6 nitrogen and oxygen atoms in total. The molecule has 1 N–H and O–H groups in total. The Morgan fingerprint density at radius 3 is 2.87 bits per heavy atom. The van der Waals surface area contributed by atoms with Gasteiger partial charge in [0, 0.05) is 24.1 Å². The van der Waals surface area contributed by atoms with Crippen LogP contribution in [0.5, 0.6) is 5.75 Å². The first-order valence-corrected chi connectivity index (χ1v) is 11.0. The van der Waals surface area contributed by atoms with Crippen LogP contribution < -0.4 is 4.74 Å². The Labute approximate surface area is 183 Å². The molecule has 162 valence electrons. The van der Waals surface area contributed by atoms with Gasteiger partial charge >= 0.3 is 12.1 Å². The van der Waals surface area contributed by atoms with E-state index < -0.39 is 22.7 Å². The van der Waals surface area contributed by atoms with Crippen LogP contribution in [0.2, 0.25) is 5.02 Å². The molecule has 1 aromatic carbocycles. The molecular formula is C18H16ClF3N2O4S2. The molecule has 1 fully saturated rings. The lowest BCUT2D eigenvalue weighted by molar-refractivity contribution is -0.137. The summed E-state index contributed by atoms with van der Waals surface area (Å²) in [5, 5.41) is 9.84. The summed E-state index contributed by atoms with van der Waals surface area (Å²) in [7, 11) is 0. The number of hydrogen-bond donors (Lipinski definition) is 1. The molecule has 2 heterocycles. The van der Waals surface area contributed by atoms with Gasteiger partial charge in [-0.15, -0.1) is 11.3 Å². The molecule has 0 bridgehead atoms. The second kappa shape index (κ2) is 9.44. The SMILES string of the molecule is O=C(O)c1csc(SCCN2C(=O)CCC2COc2cccc(C(F)(F)F)c2Cl)n1.